The number of piperidine rings is 1. The molecule has 2 aromatic carbocycles. The molecule has 0 unspecified atom stereocenters. The highest BCUT2D eigenvalue weighted by Gasteiger charge is 2.29. The Hall–Kier alpha value is -3.21. The second kappa shape index (κ2) is 7.58. The van der Waals surface area contributed by atoms with Gasteiger partial charge in [-0.1, -0.05) is 42.5 Å². The van der Waals surface area contributed by atoms with Crippen LogP contribution in [0.1, 0.15) is 33.6 Å². The first-order chi connectivity index (χ1) is 13.2. The first-order valence-corrected chi connectivity index (χ1v) is 9.21. The monoisotopic (exact) mass is 359 g/mol. The molecule has 5 nitrogen and oxygen atoms in total. The Morgan fingerprint density at radius 1 is 0.963 bits per heavy atom. The molecule has 0 aliphatic carbocycles. The number of H-pyrrole nitrogens is 1. The Morgan fingerprint density at radius 2 is 1.74 bits per heavy atom. The van der Waals surface area contributed by atoms with Crippen LogP contribution in [-0.4, -0.2) is 39.9 Å². The fourth-order valence-electron chi connectivity index (χ4n) is 3.61. The van der Waals surface area contributed by atoms with E-state index in [1.165, 1.54) is 0 Å². The van der Waals surface area contributed by atoms with E-state index in [0.717, 1.165) is 29.7 Å². The summed E-state index contributed by atoms with van der Waals surface area (Å²) in [5, 5.41) is 6.86. The molecular formula is C22H21N3O2. The Balaban J connectivity index is 1.46. The number of benzene rings is 2. The number of amides is 1. The van der Waals surface area contributed by atoms with E-state index < -0.39 is 0 Å². The third-order valence-corrected chi connectivity index (χ3v) is 5.08. The minimum Gasteiger partial charge on any atom is -0.338 e. The van der Waals surface area contributed by atoms with Crippen LogP contribution in [-0.2, 0) is 0 Å². The van der Waals surface area contributed by atoms with Crippen molar-refractivity contribution in [3.8, 4) is 11.3 Å². The summed E-state index contributed by atoms with van der Waals surface area (Å²) < 4.78 is 0. The Morgan fingerprint density at radius 3 is 2.44 bits per heavy atom. The number of carbonyl (C=O) groups excluding carboxylic acids is 2. The van der Waals surface area contributed by atoms with Crippen molar-refractivity contribution in [3.05, 3.63) is 78.0 Å². The number of likely N-dealkylation sites (tertiary alicyclic amines) is 1. The summed E-state index contributed by atoms with van der Waals surface area (Å²) in [7, 11) is 0. The zero-order valence-corrected chi connectivity index (χ0v) is 15.0. The highest BCUT2D eigenvalue weighted by Crippen LogP contribution is 2.23. The fraction of sp³-hybridized carbons (Fsp3) is 0.227. The highest BCUT2D eigenvalue weighted by molar-refractivity contribution is 5.99. The van der Waals surface area contributed by atoms with Gasteiger partial charge in [0.25, 0.3) is 5.91 Å². The van der Waals surface area contributed by atoms with Crippen LogP contribution in [0.2, 0.25) is 0 Å². The number of nitrogens with zero attached hydrogens (tertiary/aromatic N) is 2. The molecule has 0 radical (unpaired) electrons. The van der Waals surface area contributed by atoms with Crippen molar-refractivity contribution in [2.45, 2.75) is 12.8 Å². The molecule has 4 rings (SSSR count). The summed E-state index contributed by atoms with van der Waals surface area (Å²) in [6.45, 7) is 1.18. The maximum absolute atomic E-state index is 12.9. The lowest BCUT2D eigenvalue weighted by Gasteiger charge is -2.32. The molecule has 0 saturated carbocycles. The number of aromatic amines is 1. The third kappa shape index (κ3) is 3.67. The lowest BCUT2D eigenvalue weighted by atomic mass is 9.89. The number of ketones is 1. The summed E-state index contributed by atoms with van der Waals surface area (Å²) in [5.74, 6) is -0.0196. The molecule has 0 spiro atoms. The average Bonchev–Trinajstić information content (AvgIpc) is 3.28. The fourth-order valence-corrected chi connectivity index (χ4v) is 3.61. The molecule has 1 fully saturated rings. The number of aromatic nitrogens is 2. The molecule has 1 saturated heterocycles. The van der Waals surface area contributed by atoms with Gasteiger partial charge in [0.1, 0.15) is 0 Å². The van der Waals surface area contributed by atoms with Crippen LogP contribution in [0.4, 0.5) is 0 Å². The Labute approximate surface area is 158 Å². The molecule has 1 N–H and O–H groups in total. The SMILES string of the molecule is O=C(c1ccccc1)[C@@H]1CCCN(C(=O)c2ccc(-c3ccn[nH]3)cc2)C1. The number of hydrogen-bond donors (Lipinski definition) is 1. The van der Waals surface area contributed by atoms with Gasteiger partial charge < -0.3 is 4.90 Å². The molecule has 0 bridgehead atoms. The van der Waals surface area contributed by atoms with E-state index in [9.17, 15) is 9.59 Å². The standard InChI is InChI=1S/C22H21N3O2/c26-21(17-5-2-1-3-6-17)19-7-4-14-25(15-19)22(27)18-10-8-16(9-11-18)20-12-13-23-24-20/h1-3,5-6,8-13,19H,4,7,14-15H2,(H,23,24)/t19-/m1/s1. The molecule has 1 atom stereocenters. The molecule has 1 aliphatic heterocycles. The summed E-state index contributed by atoms with van der Waals surface area (Å²) >= 11 is 0. The van der Waals surface area contributed by atoms with Gasteiger partial charge in [-0.25, -0.2) is 0 Å². The van der Waals surface area contributed by atoms with Crippen molar-refractivity contribution in [1.29, 1.82) is 0 Å². The number of rotatable bonds is 4. The molecular weight excluding hydrogens is 338 g/mol. The molecule has 1 aromatic heterocycles. The topological polar surface area (TPSA) is 66.1 Å². The number of nitrogens with one attached hydrogen (secondary N) is 1. The number of carbonyl (C=O) groups is 2. The van der Waals surface area contributed by atoms with Crippen LogP contribution >= 0.6 is 0 Å². The van der Waals surface area contributed by atoms with Gasteiger partial charge in [-0.2, -0.15) is 5.10 Å². The van der Waals surface area contributed by atoms with Crippen molar-refractivity contribution in [3.63, 3.8) is 0 Å². The van der Waals surface area contributed by atoms with E-state index in [1.807, 2.05) is 60.7 Å². The van der Waals surface area contributed by atoms with Crippen LogP contribution in [0.15, 0.2) is 66.9 Å². The van der Waals surface area contributed by atoms with Crippen LogP contribution in [0.5, 0.6) is 0 Å². The maximum Gasteiger partial charge on any atom is 0.253 e. The summed E-state index contributed by atoms with van der Waals surface area (Å²) in [5.41, 5.74) is 3.27. The Kier molecular flexibility index (Phi) is 4.83. The summed E-state index contributed by atoms with van der Waals surface area (Å²) in [4.78, 5) is 27.4. The first-order valence-electron chi connectivity index (χ1n) is 9.21. The van der Waals surface area contributed by atoms with Gasteiger partial charge in [0.15, 0.2) is 5.78 Å². The molecule has 27 heavy (non-hydrogen) atoms. The summed E-state index contributed by atoms with van der Waals surface area (Å²) in [6.07, 6.45) is 3.38. The van der Waals surface area contributed by atoms with Crippen LogP contribution in [0.25, 0.3) is 11.3 Å². The van der Waals surface area contributed by atoms with Crippen molar-refractivity contribution in [1.82, 2.24) is 15.1 Å². The van der Waals surface area contributed by atoms with E-state index in [2.05, 4.69) is 10.2 Å². The third-order valence-electron chi connectivity index (χ3n) is 5.08. The molecule has 136 valence electrons. The van der Waals surface area contributed by atoms with Crippen LogP contribution < -0.4 is 0 Å². The van der Waals surface area contributed by atoms with Gasteiger partial charge in [-0.05, 0) is 36.6 Å². The molecule has 5 heteroatoms. The van der Waals surface area contributed by atoms with E-state index >= 15 is 0 Å². The van der Waals surface area contributed by atoms with E-state index in [1.54, 1.807) is 11.1 Å². The normalized spacial score (nSPS) is 16.9. The van der Waals surface area contributed by atoms with Gasteiger partial charge in [0, 0.05) is 36.3 Å². The smallest absolute Gasteiger partial charge is 0.253 e. The first kappa shape index (κ1) is 17.2. The van der Waals surface area contributed by atoms with Gasteiger partial charge in [0.2, 0.25) is 0 Å². The zero-order chi connectivity index (χ0) is 18.6. The number of Topliss-reactive ketones (excluding diaryl/α,β-unsaturated/α-hetero) is 1. The van der Waals surface area contributed by atoms with Gasteiger partial charge in [0.05, 0.1) is 5.69 Å². The van der Waals surface area contributed by atoms with E-state index in [0.29, 0.717) is 18.7 Å². The van der Waals surface area contributed by atoms with Gasteiger partial charge in [-0.3, -0.25) is 14.7 Å². The van der Waals surface area contributed by atoms with Crippen molar-refractivity contribution in [2.75, 3.05) is 13.1 Å². The second-order valence-corrected chi connectivity index (χ2v) is 6.87. The molecule has 2 heterocycles. The van der Waals surface area contributed by atoms with Crippen molar-refractivity contribution in [2.24, 2.45) is 5.92 Å². The number of hydrogen-bond acceptors (Lipinski definition) is 3. The molecule has 3 aromatic rings. The minimum atomic E-state index is -0.130. The van der Waals surface area contributed by atoms with E-state index in [-0.39, 0.29) is 17.6 Å². The second-order valence-electron chi connectivity index (χ2n) is 6.87. The average molecular weight is 359 g/mol. The quantitative estimate of drug-likeness (QED) is 0.720. The predicted molar refractivity (Wildman–Crippen MR) is 103 cm³/mol. The minimum absolute atomic E-state index is 0.0169. The lowest BCUT2D eigenvalue weighted by molar-refractivity contribution is 0.0637. The van der Waals surface area contributed by atoms with Gasteiger partial charge in [-0.15, -0.1) is 0 Å². The Bertz CT molecular complexity index is 918. The molecule has 1 aliphatic rings. The summed E-state index contributed by atoms with van der Waals surface area (Å²) in [6, 6.07) is 18.7. The van der Waals surface area contributed by atoms with Gasteiger partial charge >= 0.3 is 0 Å². The highest BCUT2D eigenvalue weighted by atomic mass is 16.2. The zero-order valence-electron chi connectivity index (χ0n) is 15.0. The maximum atomic E-state index is 12.9. The van der Waals surface area contributed by atoms with Crippen LogP contribution in [0, 0.1) is 5.92 Å². The molecule has 1 amide bonds. The lowest BCUT2D eigenvalue weighted by Crippen LogP contribution is -2.42. The van der Waals surface area contributed by atoms with E-state index in [4.69, 9.17) is 0 Å². The van der Waals surface area contributed by atoms with Crippen molar-refractivity contribution < 1.29 is 9.59 Å². The predicted octanol–water partition coefficient (Wildman–Crippen LogP) is 3.81. The van der Waals surface area contributed by atoms with Crippen LogP contribution in [0.3, 0.4) is 0 Å². The van der Waals surface area contributed by atoms with Crippen molar-refractivity contribution >= 4 is 11.7 Å². The largest absolute Gasteiger partial charge is 0.338 e.